The first kappa shape index (κ1) is 22.0. The van der Waals surface area contributed by atoms with Gasteiger partial charge in [-0.25, -0.2) is 13.8 Å². The molecule has 1 amide bonds. The number of carbonyl (C=O) groups excluding carboxylic acids is 1. The molecule has 30 heavy (non-hydrogen) atoms. The van der Waals surface area contributed by atoms with E-state index >= 15 is 0 Å². The Labute approximate surface area is 188 Å². The molecule has 3 aromatic rings. The molecule has 9 heteroatoms. The maximum Gasteiger partial charge on any atom is 0.264 e. The summed E-state index contributed by atoms with van der Waals surface area (Å²) in [5.41, 5.74) is 3.46. The molecule has 154 valence electrons. The van der Waals surface area contributed by atoms with Crippen LogP contribution in [0.1, 0.15) is 5.56 Å². The molecule has 0 atom stereocenters. The maximum absolute atomic E-state index is 13.2. The molecule has 3 aromatic carbocycles. The molecule has 0 unspecified atom stereocenters. The summed E-state index contributed by atoms with van der Waals surface area (Å²) in [6.45, 7) is -0.450. The minimum Gasteiger partial charge on any atom is -0.271 e. The van der Waals surface area contributed by atoms with Gasteiger partial charge >= 0.3 is 0 Å². The molecular formula is C21H17BrClN3O3S. The normalized spacial score (nSPS) is 11.4. The Morgan fingerprint density at radius 3 is 2.40 bits per heavy atom. The first-order valence-corrected chi connectivity index (χ1v) is 11.4. The molecule has 0 aromatic heterocycles. The summed E-state index contributed by atoms with van der Waals surface area (Å²) in [6, 6.07) is 21.5. The number of sulfonamides is 1. The third kappa shape index (κ3) is 5.69. The number of nitrogens with zero attached hydrogens (tertiary/aromatic N) is 2. The van der Waals surface area contributed by atoms with Crippen molar-refractivity contribution in [3.63, 3.8) is 0 Å². The van der Waals surface area contributed by atoms with E-state index in [4.69, 9.17) is 11.6 Å². The number of hydrogen-bond donors (Lipinski definition) is 1. The number of hydrazone groups is 1. The molecule has 0 heterocycles. The van der Waals surface area contributed by atoms with Crippen LogP contribution in [-0.2, 0) is 14.8 Å². The van der Waals surface area contributed by atoms with Crippen LogP contribution in [0.3, 0.4) is 0 Å². The van der Waals surface area contributed by atoms with E-state index in [9.17, 15) is 13.2 Å². The van der Waals surface area contributed by atoms with E-state index in [2.05, 4.69) is 26.5 Å². The van der Waals surface area contributed by atoms with E-state index in [-0.39, 0.29) is 4.90 Å². The second-order valence-electron chi connectivity index (χ2n) is 6.15. The van der Waals surface area contributed by atoms with Crippen LogP contribution in [0, 0.1) is 0 Å². The number of hydrogen-bond acceptors (Lipinski definition) is 4. The SMILES string of the molecule is O=C(CN(c1ccc(Cl)cc1)S(=O)(=O)c1ccccc1)N/N=C\c1cccc(Br)c1. The predicted octanol–water partition coefficient (Wildman–Crippen LogP) is 4.45. The monoisotopic (exact) mass is 505 g/mol. The fourth-order valence-corrected chi connectivity index (χ4v) is 4.56. The molecule has 0 spiro atoms. The lowest BCUT2D eigenvalue weighted by atomic mass is 10.2. The van der Waals surface area contributed by atoms with Gasteiger partial charge in [0.25, 0.3) is 15.9 Å². The Morgan fingerprint density at radius 1 is 1.03 bits per heavy atom. The smallest absolute Gasteiger partial charge is 0.264 e. The lowest BCUT2D eigenvalue weighted by molar-refractivity contribution is -0.119. The minimum absolute atomic E-state index is 0.0744. The second kappa shape index (κ2) is 9.88. The van der Waals surface area contributed by atoms with Crippen LogP contribution < -0.4 is 9.73 Å². The quantitative estimate of drug-likeness (QED) is 0.380. The van der Waals surface area contributed by atoms with Gasteiger partial charge in [0.2, 0.25) is 0 Å². The molecule has 6 nitrogen and oxygen atoms in total. The number of nitrogens with one attached hydrogen (secondary N) is 1. The number of anilines is 1. The van der Waals surface area contributed by atoms with Crippen LogP contribution in [0.4, 0.5) is 5.69 Å². The summed E-state index contributed by atoms with van der Waals surface area (Å²) in [4.78, 5) is 12.5. The van der Waals surface area contributed by atoms with Crippen molar-refractivity contribution in [1.29, 1.82) is 0 Å². The molecule has 0 aliphatic heterocycles. The van der Waals surface area contributed by atoms with Gasteiger partial charge in [-0.2, -0.15) is 5.10 Å². The second-order valence-corrected chi connectivity index (χ2v) is 9.36. The first-order chi connectivity index (χ1) is 14.4. The largest absolute Gasteiger partial charge is 0.271 e. The molecule has 0 saturated heterocycles. The van der Waals surface area contributed by atoms with Crippen LogP contribution in [0.5, 0.6) is 0 Å². The number of rotatable bonds is 7. The average Bonchev–Trinajstić information content (AvgIpc) is 2.73. The minimum atomic E-state index is -3.97. The molecular weight excluding hydrogens is 490 g/mol. The zero-order valence-corrected chi connectivity index (χ0v) is 18.7. The van der Waals surface area contributed by atoms with E-state index in [1.54, 1.807) is 42.5 Å². The van der Waals surface area contributed by atoms with E-state index in [1.807, 2.05) is 24.3 Å². The zero-order valence-electron chi connectivity index (χ0n) is 15.6. The Hall–Kier alpha value is -2.68. The van der Waals surface area contributed by atoms with Crippen LogP contribution in [0.25, 0.3) is 0 Å². The Balaban J connectivity index is 1.82. The van der Waals surface area contributed by atoms with Gasteiger partial charge in [-0.15, -0.1) is 0 Å². The highest BCUT2D eigenvalue weighted by Crippen LogP contribution is 2.25. The number of carbonyl (C=O) groups is 1. The van der Waals surface area contributed by atoms with Crippen molar-refractivity contribution in [3.05, 3.63) is 93.9 Å². The summed E-state index contributed by atoms with van der Waals surface area (Å²) in [5.74, 6) is -0.587. The van der Waals surface area contributed by atoms with Gasteiger partial charge in [0, 0.05) is 9.50 Å². The van der Waals surface area contributed by atoms with Crippen LogP contribution in [0.15, 0.2) is 93.3 Å². The lowest BCUT2D eigenvalue weighted by Gasteiger charge is -2.23. The number of amides is 1. The van der Waals surface area contributed by atoms with Gasteiger partial charge in [0.05, 0.1) is 16.8 Å². The Bertz CT molecular complexity index is 1150. The lowest BCUT2D eigenvalue weighted by Crippen LogP contribution is -2.39. The van der Waals surface area contributed by atoms with Crippen LogP contribution >= 0.6 is 27.5 Å². The highest BCUT2D eigenvalue weighted by Gasteiger charge is 2.27. The van der Waals surface area contributed by atoms with Crippen LogP contribution in [-0.4, -0.2) is 27.1 Å². The van der Waals surface area contributed by atoms with Crippen molar-refractivity contribution in [2.75, 3.05) is 10.8 Å². The van der Waals surface area contributed by atoms with Gasteiger partial charge < -0.3 is 0 Å². The van der Waals surface area contributed by atoms with Crippen molar-refractivity contribution in [2.24, 2.45) is 5.10 Å². The van der Waals surface area contributed by atoms with E-state index in [0.717, 1.165) is 14.3 Å². The van der Waals surface area contributed by atoms with Crippen molar-refractivity contribution in [1.82, 2.24) is 5.43 Å². The van der Waals surface area contributed by atoms with Gasteiger partial charge in [0.1, 0.15) is 6.54 Å². The van der Waals surface area contributed by atoms with E-state index < -0.39 is 22.5 Å². The van der Waals surface area contributed by atoms with Gasteiger partial charge in [-0.3, -0.25) is 9.10 Å². The third-order valence-corrected chi connectivity index (χ3v) is 6.52. The summed E-state index contributed by atoms with van der Waals surface area (Å²) in [7, 11) is -3.97. The van der Waals surface area contributed by atoms with Crippen molar-refractivity contribution >= 4 is 55.4 Å². The fourth-order valence-electron chi connectivity index (χ4n) is 2.57. The molecule has 0 aliphatic rings. The van der Waals surface area contributed by atoms with E-state index in [1.165, 1.54) is 18.3 Å². The number of halogens is 2. The highest BCUT2D eigenvalue weighted by atomic mass is 79.9. The van der Waals surface area contributed by atoms with Gasteiger partial charge in [-0.1, -0.05) is 57.9 Å². The molecule has 1 N–H and O–H groups in total. The summed E-state index contributed by atoms with van der Waals surface area (Å²) >= 11 is 9.28. The molecule has 0 fully saturated rings. The Morgan fingerprint density at radius 2 is 1.73 bits per heavy atom. The standard InChI is InChI=1S/C21H17BrClN3O3S/c22-17-6-4-5-16(13-17)14-24-25-21(27)15-26(19-11-9-18(23)10-12-19)30(28,29)20-7-2-1-3-8-20/h1-14H,15H2,(H,25,27)/b24-14-. The average molecular weight is 507 g/mol. The van der Waals surface area contributed by atoms with Crippen molar-refractivity contribution < 1.29 is 13.2 Å². The number of benzene rings is 3. The summed E-state index contributed by atoms with van der Waals surface area (Å²) in [6.07, 6.45) is 1.47. The Kier molecular flexibility index (Phi) is 7.25. The van der Waals surface area contributed by atoms with E-state index in [0.29, 0.717) is 10.7 Å². The molecule has 3 rings (SSSR count). The van der Waals surface area contributed by atoms with Gasteiger partial charge in [-0.05, 0) is 54.1 Å². The van der Waals surface area contributed by atoms with Gasteiger partial charge in [0.15, 0.2) is 0 Å². The zero-order chi connectivity index (χ0) is 21.6. The fraction of sp³-hybridized carbons (Fsp3) is 0.0476. The summed E-state index contributed by atoms with van der Waals surface area (Å²) < 4.78 is 28.2. The predicted molar refractivity (Wildman–Crippen MR) is 122 cm³/mol. The van der Waals surface area contributed by atoms with Crippen molar-refractivity contribution in [3.8, 4) is 0 Å². The topological polar surface area (TPSA) is 78.8 Å². The molecule has 0 saturated carbocycles. The highest BCUT2D eigenvalue weighted by molar-refractivity contribution is 9.10. The molecule has 0 bridgehead atoms. The first-order valence-electron chi connectivity index (χ1n) is 8.77. The van der Waals surface area contributed by atoms with Crippen molar-refractivity contribution in [2.45, 2.75) is 4.90 Å². The molecule has 0 aliphatic carbocycles. The molecule has 0 radical (unpaired) electrons. The maximum atomic E-state index is 13.2. The van der Waals surface area contributed by atoms with Crippen LogP contribution in [0.2, 0.25) is 5.02 Å². The third-order valence-electron chi connectivity index (χ3n) is 3.98. The summed E-state index contributed by atoms with van der Waals surface area (Å²) in [5, 5.41) is 4.37.